The predicted octanol–water partition coefficient (Wildman–Crippen LogP) is 5.49. The smallest absolute Gasteiger partial charge is 0.337 e. The van der Waals surface area contributed by atoms with Crippen LogP contribution < -0.4 is 19.5 Å². The van der Waals surface area contributed by atoms with E-state index in [1.807, 2.05) is 0 Å². The number of rotatable bonds is 10. The van der Waals surface area contributed by atoms with Gasteiger partial charge in [0.15, 0.2) is 0 Å². The topological polar surface area (TPSA) is 144 Å². The minimum absolute atomic E-state index is 0.00910. The Balaban J connectivity index is 1.10. The van der Waals surface area contributed by atoms with Gasteiger partial charge in [-0.05, 0) is 80.3 Å². The number of nitrogens with zero attached hydrogens (tertiary/aromatic N) is 1. The second-order valence-corrected chi connectivity index (χ2v) is 11.5. The number of carboxylic acids is 1. The van der Waals surface area contributed by atoms with E-state index in [2.05, 4.69) is 15.0 Å². The number of amides is 1. The number of aromatic carboxylic acids is 1. The minimum Gasteiger partial charge on any atom is -0.490 e. The van der Waals surface area contributed by atoms with Crippen LogP contribution in [0.25, 0.3) is 0 Å². The molecule has 0 spiro atoms. The number of benzene rings is 3. The van der Waals surface area contributed by atoms with Gasteiger partial charge < -0.3 is 19.9 Å². The summed E-state index contributed by atoms with van der Waals surface area (Å²) in [6.45, 7) is 0. The van der Waals surface area contributed by atoms with Crippen LogP contribution in [-0.2, 0) is 10.0 Å². The molecule has 1 amide bonds. The van der Waals surface area contributed by atoms with Crippen molar-refractivity contribution in [1.29, 1.82) is 0 Å². The number of carbonyl (C=O) groups excluding carboxylic acids is 1. The fourth-order valence-corrected chi connectivity index (χ4v) is 5.96. The van der Waals surface area contributed by atoms with Gasteiger partial charge in [-0.25, -0.2) is 22.9 Å². The molecule has 1 heterocycles. The summed E-state index contributed by atoms with van der Waals surface area (Å²) in [6.07, 6.45) is 4.16. The molecule has 0 unspecified atom stereocenters. The number of ether oxygens (including phenoxy) is 2. The Kier molecular flexibility index (Phi) is 8.80. The molecular formula is C31H29N3O7S. The summed E-state index contributed by atoms with van der Waals surface area (Å²) in [6, 6.07) is 24.5. The van der Waals surface area contributed by atoms with Crippen molar-refractivity contribution < 1.29 is 32.6 Å². The van der Waals surface area contributed by atoms with Crippen LogP contribution in [0.5, 0.6) is 17.4 Å². The van der Waals surface area contributed by atoms with E-state index in [1.54, 1.807) is 72.8 Å². The Morgan fingerprint density at radius 3 is 2.14 bits per heavy atom. The maximum Gasteiger partial charge on any atom is 0.337 e. The zero-order chi connectivity index (χ0) is 29.5. The lowest BCUT2D eigenvalue weighted by Gasteiger charge is -2.29. The van der Waals surface area contributed by atoms with Gasteiger partial charge in [-0.2, -0.15) is 0 Å². The average Bonchev–Trinajstić information content (AvgIpc) is 3.00. The SMILES string of the molecule is O=C(Nc1ccccc1C(=O)O)c1ccc(Oc2ccc(OC3CCC(NS(=O)(=O)c4ccccc4)CC3)cc2)nc1. The third kappa shape index (κ3) is 7.31. The van der Waals surface area contributed by atoms with Gasteiger partial charge in [-0.15, -0.1) is 0 Å². The van der Waals surface area contributed by atoms with Gasteiger partial charge in [0.05, 0.1) is 27.8 Å². The molecule has 1 aliphatic carbocycles. The standard InChI is InChI=1S/C31H29N3O7S/c35-30(33-28-9-5-4-8-27(28)31(36)37)21-10-19-29(32-20-21)41-25-17-15-24(16-18-25)40-23-13-11-22(12-14-23)34-42(38,39)26-6-2-1-3-7-26/h1-10,15-20,22-23,34H,11-14H2,(H,33,35)(H,36,37). The van der Waals surface area contributed by atoms with E-state index >= 15 is 0 Å². The Labute approximate surface area is 243 Å². The maximum atomic E-state index is 12.6. The van der Waals surface area contributed by atoms with Gasteiger partial charge in [0.25, 0.3) is 5.91 Å². The number of sulfonamides is 1. The second kappa shape index (κ2) is 12.8. The molecule has 1 fully saturated rings. The summed E-state index contributed by atoms with van der Waals surface area (Å²) in [4.78, 5) is 28.4. The molecule has 10 nitrogen and oxygen atoms in total. The number of carboxylic acid groups (broad SMARTS) is 1. The lowest BCUT2D eigenvalue weighted by atomic mass is 9.94. The molecule has 4 aromatic rings. The molecule has 0 saturated heterocycles. The summed E-state index contributed by atoms with van der Waals surface area (Å²) >= 11 is 0. The molecule has 1 saturated carbocycles. The number of para-hydroxylation sites is 1. The van der Waals surface area contributed by atoms with Crippen molar-refractivity contribution in [3.63, 3.8) is 0 Å². The third-order valence-electron chi connectivity index (χ3n) is 6.80. The first-order valence-electron chi connectivity index (χ1n) is 13.4. The number of nitrogens with one attached hydrogen (secondary N) is 2. The Morgan fingerprint density at radius 2 is 1.48 bits per heavy atom. The van der Waals surface area contributed by atoms with Crippen LogP contribution in [0.15, 0.2) is 102 Å². The molecule has 5 rings (SSSR count). The molecule has 42 heavy (non-hydrogen) atoms. The highest BCUT2D eigenvalue weighted by molar-refractivity contribution is 7.89. The van der Waals surface area contributed by atoms with Gasteiger partial charge >= 0.3 is 5.97 Å². The van der Waals surface area contributed by atoms with Crippen LogP contribution in [0.2, 0.25) is 0 Å². The predicted molar refractivity (Wildman–Crippen MR) is 156 cm³/mol. The zero-order valence-electron chi connectivity index (χ0n) is 22.5. The third-order valence-corrected chi connectivity index (χ3v) is 8.34. The fraction of sp³-hybridized carbons (Fsp3) is 0.194. The first-order chi connectivity index (χ1) is 20.3. The molecule has 0 atom stereocenters. The number of hydrogen-bond donors (Lipinski definition) is 3. The number of carbonyl (C=O) groups is 2. The molecule has 1 aromatic heterocycles. The largest absolute Gasteiger partial charge is 0.490 e. The van der Waals surface area contributed by atoms with E-state index < -0.39 is 21.9 Å². The highest BCUT2D eigenvalue weighted by Gasteiger charge is 2.26. The van der Waals surface area contributed by atoms with E-state index in [0.717, 1.165) is 12.8 Å². The van der Waals surface area contributed by atoms with Crippen molar-refractivity contribution in [2.45, 2.75) is 42.7 Å². The number of anilines is 1. The molecular weight excluding hydrogens is 558 g/mol. The monoisotopic (exact) mass is 587 g/mol. The van der Waals surface area contributed by atoms with Crippen molar-refractivity contribution >= 4 is 27.6 Å². The summed E-state index contributed by atoms with van der Waals surface area (Å²) < 4.78 is 39.9. The van der Waals surface area contributed by atoms with Crippen LogP contribution in [0, 0.1) is 0 Å². The number of pyridine rings is 1. The molecule has 3 N–H and O–H groups in total. The van der Waals surface area contributed by atoms with Crippen LogP contribution in [0.1, 0.15) is 46.4 Å². The van der Waals surface area contributed by atoms with Gasteiger partial charge in [0.2, 0.25) is 15.9 Å². The Morgan fingerprint density at radius 1 is 0.810 bits per heavy atom. The van der Waals surface area contributed by atoms with E-state index in [-0.39, 0.29) is 39.7 Å². The van der Waals surface area contributed by atoms with Crippen LogP contribution in [0.3, 0.4) is 0 Å². The molecule has 216 valence electrons. The van der Waals surface area contributed by atoms with Crippen LogP contribution >= 0.6 is 0 Å². The van der Waals surface area contributed by atoms with Gasteiger partial charge in [0, 0.05) is 18.3 Å². The highest BCUT2D eigenvalue weighted by Crippen LogP contribution is 2.28. The highest BCUT2D eigenvalue weighted by atomic mass is 32.2. The van der Waals surface area contributed by atoms with Crippen molar-refractivity contribution in [1.82, 2.24) is 9.71 Å². The molecule has 0 bridgehead atoms. The summed E-state index contributed by atoms with van der Waals surface area (Å²) in [5.41, 5.74) is 0.428. The molecule has 0 aliphatic heterocycles. The van der Waals surface area contributed by atoms with Crippen molar-refractivity contribution in [3.8, 4) is 17.4 Å². The van der Waals surface area contributed by atoms with E-state index in [0.29, 0.717) is 24.3 Å². The van der Waals surface area contributed by atoms with Gasteiger partial charge in [0.1, 0.15) is 11.5 Å². The van der Waals surface area contributed by atoms with Crippen LogP contribution in [0.4, 0.5) is 5.69 Å². The van der Waals surface area contributed by atoms with Crippen molar-refractivity contribution in [2.75, 3.05) is 5.32 Å². The number of aromatic nitrogens is 1. The molecule has 1 aliphatic rings. The quantitative estimate of drug-likeness (QED) is 0.221. The molecule has 0 radical (unpaired) electrons. The van der Waals surface area contributed by atoms with E-state index in [4.69, 9.17) is 9.47 Å². The summed E-state index contributed by atoms with van der Waals surface area (Å²) in [7, 11) is -3.54. The summed E-state index contributed by atoms with van der Waals surface area (Å²) in [5.74, 6) is -0.144. The van der Waals surface area contributed by atoms with Crippen molar-refractivity contribution in [3.05, 3.63) is 108 Å². The second-order valence-electron chi connectivity index (χ2n) is 9.79. The Bertz CT molecular complexity index is 1640. The average molecular weight is 588 g/mol. The van der Waals surface area contributed by atoms with E-state index in [1.165, 1.54) is 24.4 Å². The van der Waals surface area contributed by atoms with Crippen molar-refractivity contribution in [2.24, 2.45) is 0 Å². The molecule has 11 heteroatoms. The van der Waals surface area contributed by atoms with E-state index in [9.17, 15) is 23.1 Å². The van der Waals surface area contributed by atoms with Gasteiger partial charge in [-0.1, -0.05) is 30.3 Å². The minimum atomic E-state index is -3.54. The fourth-order valence-electron chi connectivity index (χ4n) is 4.63. The first-order valence-corrected chi connectivity index (χ1v) is 14.9. The number of hydrogen-bond acceptors (Lipinski definition) is 7. The summed E-state index contributed by atoms with van der Waals surface area (Å²) in [5, 5.41) is 11.9. The lowest BCUT2D eigenvalue weighted by Crippen LogP contribution is -2.39. The zero-order valence-corrected chi connectivity index (χ0v) is 23.3. The lowest BCUT2D eigenvalue weighted by molar-refractivity contribution is 0.0698. The molecule has 3 aromatic carbocycles. The maximum absolute atomic E-state index is 12.6. The Hall–Kier alpha value is -4.74. The van der Waals surface area contributed by atoms with Gasteiger partial charge in [-0.3, -0.25) is 4.79 Å². The first kappa shape index (κ1) is 28.8. The normalized spacial score (nSPS) is 16.8. The van der Waals surface area contributed by atoms with Crippen LogP contribution in [-0.4, -0.2) is 42.5 Å².